The maximum atomic E-state index is 10.9. The molecule has 0 aromatic heterocycles. The van der Waals surface area contributed by atoms with E-state index in [4.69, 9.17) is 0 Å². The van der Waals surface area contributed by atoms with E-state index in [2.05, 4.69) is 36.0 Å². The van der Waals surface area contributed by atoms with Gasteiger partial charge in [0.1, 0.15) is 0 Å². The monoisotopic (exact) mass is 330 g/mol. The summed E-state index contributed by atoms with van der Waals surface area (Å²) < 4.78 is 4.62. The molecule has 0 aromatic carbocycles. The van der Waals surface area contributed by atoms with Crippen molar-refractivity contribution in [3.8, 4) is 0 Å². The Morgan fingerprint density at radius 3 is 1.95 bits per heavy atom. The molecular weight excluding hydrogens is 296 g/mol. The van der Waals surface area contributed by atoms with Crippen LogP contribution in [0, 0.1) is 0 Å². The number of methoxy groups -OCH3 is 1. The van der Waals surface area contributed by atoms with E-state index in [9.17, 15) is 4.79 Å². The van der Waals surface area contributed by atoms with Crippen molar-refractivity contribution < 1.29 is 9.53 Å². The number of allylic oxidation sites excluding steroid dienone is 4. The van der Waals surface area contributed by atoms with E-state index in [1.165, 1.54) is 58.5 Å². The first-order chi connectivity index (χ1) is 10.3. The van der Waals surface area contributed by atoms with Crippen molar-refractivity contribution in [1.29, 1.82) is 0 Å². The number of hydrogen-bond donors (Lipinski definition) is 0. The van der Waals surface area contributed by atoms with Gasteiger partial charge in [-0.25, -0.2) is 0 Å². The van der Waals surface area contributed by atoms with Crippen molar-refractivity contribution in [3.05, 3.63) is 24.3 Å². The van der Waals surface area contributed by atoms with Crippen molar-refractivity contribution in [2.75, 3.05) is 7.11 Å². The molecule has 0 amide bonds. The topological polar surface area (TPSA) is 26.3 Å². The van der Waals surface area contributed by atoms with Gasteiger partial charge in [-0.1, -0.05) is 63.3 Å². The number of halogens is 1. The molecule has 0 aliphatic carbocycles. The minimum Gasteiger partial charge on any atom is -0.469 e. The van der Waals surface area contributed by atoms with Crippen molar-refractivity contribution >= 4 is 18.4 Å². The van der Waals surface area contributed by atoms with Crippen LogP contribution in [0.5, 0.6) is 0 Å². The van der Waals surface area contributed by atoms with Crippen molar-refractivity contribution in [1.82, 2.24) is 0 Å². The van der Waals surface area contributed by atoms with E-state index < -0.39 is 0 Å². The van der Waals surface area contributed by atoms with Crippen LogP contribution in [-0.4, -0.2) is 13.1 Å². The van der Waals surface area contributed by atoms with Crippen molar-refractivity contribution in [3.63, 3.8) is 0 Å². The van der Waals surface area contributed by atoms with Crippen LogP contribution in [0.4, 0.5) is 0 Å². The van der Waals surface area contributed by atoms with Gasteiger partial charge in [-0.05, 0) is 38.5 Å². The fourth-order valence-corrected chi connectivity index (χ4v) is 2.18. The minimum atomic E-state index is -0.0827. The SMILES string of the molecule is CCCCC/C=C\C/C=C\CCCCCCCC(=O)OC.Cl. The van der Waals surface area contributed by atoms with Crippen LogP contribution in [0.3, 0.4) is 0 Å². The van der Waals surface area contributed by atoms with Gasteiger partial charge < -0.3 is 4.74 Å². The van der Waals surface area contributed by atoms with Gasteiger partial charge in [-0.3, -0.25) is 4.79 Å². The summed E-state index contributed by atoms with van der Waals surface area (Å²) in [4.78, 5) is 10.9. The zero-order chi connectivity index (χ0) is 15.6. The molecule has 0 saturated heterocycles. The van der Waals surface area contributed by atoms with E-state index in [0.29, 0.717) is 6.42 Å². The molecule has 0 aliphatic heterocycles. The molecule has 3 heteroatoms. The highest BCUT2D eigenvalue weighted by molar-refractivity contribution is 5.85. The summed E-state index contributed by atoms with van der Waals surface area (Å²) in [6, 6.07) is 0. The van der Waals surface area contributed by atoms with Crippen LogP contribution < -0.4 is 0 Å². The number of esters is 1. The summed E-state index contributed by atoms with van der Waals surface area (Å²) >= 11 is 0. The Balaban J connectivity index is 0. The molecule has 0 rings (SSSR count). The van der Waals surface area contributed by atoms with Gasteiger partial charge in [0.15, 0.2) is 0 Å². The molecule has 0 N–H and O–H groups in total. The van der Waals surface area contributed by atoms with Gasteiger partial charge in [-0.15, -0.1) is 12.4 Å². The van der Waals surface area contributed by atoms with E-state index in [1.807, 2.05) is 0 Å². The minimum absolute atomic E-state index is 0. The van der Waals surface area contributed by atoms with E-state index in [1.54, 1.807) is 0 Å². The van der Waals surface area contributed by atoms with Gasteiger partial charge in [0.25, 0.3) is 0 Å². The second-order valence-electron chi connectivity index (χ2n) is 5.56. The van der Waals surface area contributed by atoms with Gasteiger partial charge in [0, 0.05) is 6.42 Å². The zero-order valence-corrected chi connectivity index (χ0v) is 15.3. The normalized spacial score (nSPS) is 11.0. The lowest BCUT2D eigenvalue weighted by Crippen LogP contribution is -1.98. The summed E-state index contributed by atoms with van der Waals surface area (Å²) in [5, 5.41) is 0. The Kier molecular flexibility index (Phi) is 21.6. The molecule has 22 heavy (non-hydrogen) atoms. The highest BCUT2D eigenvalue weighted by Crippen LogP contribution is 2.08. The first kappa shape index (κ1) is 23.5. The summed E-state index contributed by atoms with van der Waals surface area (Å²) in [7, 11) is 1.45. The third-order valence-electron chi connectivity index (χ3n) is 3.56. The Morgan fingerprint density at radius 1 is 0.818 bits per heavy atom. The molecule has 2 nitrogen and oxygen atoms in total. The molecule has 0 bridgehead atoms. The summed E-state index contributed by atoms with van der Waals surface area (Å²) in [6.45, 7) is 2.24. The van der Waals surface area contributed by atoms with Crippen LogP contribution in [0.15, 0.2) is 24.3 Å². The Hall–Kier alpha value is -0.760. The Labute approximate surface area is 143 Å². The predicted molar refractivity (Wildman–Crippen MR) is 98.6 cm³/mol. The number of ether oxygens (including phenoxy) is 1. The van der Waals surface area contributed by atoms with Crippen LogP contribution in [-0.2, 0) is 9.53 Å². The van der Waals surface area contributed by atoms with Crippen LogP contribution in [0.25, 0.3) is 0 Å². The molecule has 0 unspecified atom stereocenters. The molecule has 0 heterocycles. The maximum Gasteiger partial charge on any atom is 0.305 e. The van der Waals surface area contributed by atoms with Gasteiger partial charge in [0.05, 0.1) is 7.11 Å². The number of unbranched alkanes of at least 4 members (excludes halogenated alkanes) is 8. The molecule has 0 fully saturated rings. The molecule has 0 radical (unpaired) electrons. The third-order valence-corrected chi connectivity index (χ3v) is 3.56. The second kappa shape index (κ2) is 20.2. The summed E-state index contributed by atoms with van der Waals surface area (Å²) in [5.74, 6) is -0.0827. The lowest BCUT2D eigenvalue weighted by Gasteiger charge is -1.99. The lowest BCUT2D eigenvalue weighted by atomic mass is 10.1. The molecule has 0 aromatic rings. The van der Waals surface area contributed by atoms with Crippen molar-refractivity contribution in [2.45, 2.75) is 84.0 Å². The number of carbonyl (C=O) groups is 1. The maximum absolute atomic E-state index is 10.9. The van der Waals surface area contributed by atoms with Crippen LogP contribution in [0.2, 0.25) is 0 Å². The van der Waals surface area contributed by atoms with E-state index in [-0.39, 0.29) is 18.4 Å². The Bertz CT molecular complexity index is 285. The highest BCUT2D eigenvalue weighted by atomic mass is 35.5. The van der Waals surface area contributed by atoms with Crippen LogP contribution in [0.1, 0.15) is 84.0 Å². The number of rotatable bonds is 14. The average Bonchev–Trinajstić information content (AvgIpc) is 2.50. The van der Waals surface area contributed by atoms with Crippen LogP contribution >= 0.6 is 12.4 Å². The number of hydrogen-bond acceptors (Lipinski definition) is 2. The predicted octanol–water partition coefficient (Wildman–Crippen LogP) is 6.39. The summed E-state index contributed by atoms with van der Waals surface area (Å²) in [5.41, 5.74) is 0. The van der Waals surface area contributed by atoms with Crippen molar-refractivity contribution in [2.24, 2.45) is 0 Å². The van der Waals surface area contributed by atoms with E-state index in [0.717, 1.165) is 19.3 Å². The third kappa shape index (κ3) is 19.2. The molecular formula is C19H35ClO2. The molecule has 130 valence electrons. The molecule has 0 aliphatic rings. The van der Waals surface area contributed by atoms with Gasteiger partial charge >= 0.3 is 5.97 Å². The number of carbonyl (C=O) groups excluding carboxylic acids is 1. The largest absolute Gasteiger partial charge is 0.469 e. The van der Waals surface area contributed by atoms with Gasteiger partial charge in [-0.2, -0.15) is 0 Å². The fraction of sp³-hybridized carbons (Fsp3) is 0.737. The van der Waals surface area contributed by atoms with Gasteiger partial charge in [0.2, 0.25) is 0 Å². The second-order valence-corrected chi connectivity index (χ2v) is 5.56. The smallest absolute Gasteiger partial charge is 0.305 e. The summed E-state index contributed by atoms with van der Waals surface area (Å²) in [6.07, 6.45) is 23.0. The highest BCUT2D eigenvalue weighted by Gasteiger charge is 1.98. The Morgan fingerprint density at radius 2 is 1.36 bits per heavy atom. The fourth-order valence-electron chi connectivity index (χ4n) is 2.18. The molecule has 0 saturated carbocycles. The first-order valence-corrected chi connectivity index (χ1v) is 8.68. The lowest BCUT2D eigenvalue weighted by molar-refractivity contribution is -0.140. The quantitative estimate of drug-likeness (QED) is 0.209. The zero-order valence-electron chi connectivity index (χ0n) is 14.5. The van der Waals surface area contributed by atoms with E-state index >= 15 is 0 Å². The molecule has 0 atom stereocenters. The molecule has 0 spiro atoms. The first-order valence-electron chi connectivity index (χ1n) is 8.68. The standard InChI is InChI=1S/C19H34O2.ClH/c1-3-4-5-6-7-8-9-10-11-12-13-14-15-16-17-18-19(20)21-2;/h7-8,10-11H,3-6,9,12-18H2,1-2H3;1H/b8-7-,11-10-;. The average molecular weight is 331 g/mol.